The van der Waals surface area contributed by atoms with E-state index in [0.29, 0.717) is 16.9 Å². The average molecular weight is 291 g/mol. The van der Waals surface area contributed by atoms with Crippen molar-refractivity contribution in [2.75, 3.05) is 31.7 Å². The molecule has 0 bridgehead atoms. The lowest BCUT2D eigenvalue weighted by molar-refractivity contribution is -0.151. The predicted octanol–water partition coefficient (Wildman–Crippen LogP) is 0.0552. The summed E-state index contributed by atoms with van der Waals surface area (Å²) < 4.78 is 4.59. The number of esters is 1. The summed E-state index contributed by atoms with van der Waals surface area (Å²) in [5, 5.41) is 0. The topological polar surface area (TPSA) is 116 Å². The average Bonchev–Trinajstić information content (AvgIpc) is 2.49. The molecule has 1 aromatic carbocycles. The van der Waals surface area contributed by atoms with Gasteiger partial charge in [0.25, 0.3) is 5.91 Å². The Hall–Kier alpha value is -2.57. The summed E-state index contributed by atoms with van der Waals surface area (Å²) in [7, 11) is 1.22. The van der Waals surface area contributed by atoms with Gasteiger partial charge in [-0.25, -0.2) is 0 Å². The number of carbonyl (C=O) groups excluding carboxylic acids is 3. The second kappa shape index (κ2) is 5.82. The van der Waals surface area contributed by atoms with Crippen LogP contribution in [0.25, 0.3) is 0 Å². The van der Waals surface area contributed by atoms with E-state index >= 15 is 0 Å². The van der Waals surface area contributed by atoms with Crippen LogP contribution in [0.2, 0.25) is 0 Å². The van der Waals surface area contributed by atoms with E-state index < -0.39 is 11.9 Å². The molecule has 0 aromatic heterocycles. The summed E-state index contributed by atoms with van der Waals surface area (Å²) in [5.41, 5.74) is 12.4. The summed E-state index contributed by atoms with van der Waals surface area (Å²) in [5.74, 6) is -2.03. The number of hydrogen-bond donors (Lipinski definition) is 2. The van der Waals surface area contributed by atoms with Crippen LogP contribution in [-0.2, 0) is 14.3 Å². The van der Waals surface area contributed by atoms with Gasteiger partial charge < -0.3 is 21.1 Å². The van der Waals surface area contributed by atoms with Crippen LogP contribution in [0, 0.1) is 5.92 Å². The molecule has 0 aliphatic carbocycles. The fourth-order valence-corrected chi connectivity index (χ4v) is 2.26. The number of carbonyl (C=O) groups is 3. The minimum Gasteiger partial charge on any atom is -0.468 e. The van der Waals surface area contributed by atoms with E-state index in [4.69, 9.17) is 11.5 Å². The Bertz CT molecular complexity index is 592. The highest BCUT2D eigenvalue weighted by Crippen LogP contribution is 2.20. The molecule has 4 N–H and O–H groups in total. The minimum absolute atomic E-state index is 0.0224. The van der Waals surface area contributed by atoms with Crippen LogP contribution in [0.1, 0.15) is 16.8 Å². The van der Waals surface area contributed by atoms with Crippen LogP contribution in [0.3, 0.4) is 0 Å². The molecule has 1 amide bonds. The smallest absolute Gasteiger partial charge is 0.318 e. The van der Waals surface area contributed by atoms with Gasteiger partial charge in [-0.2, -0.15) is 0 Å². The SMILES string of the molecule is COC(=O)C1CN(C(=O)c2ccc(N)c(N)c2)CCC1=O. The molecule has 1 atom stereocenters. The van der Waals surface area contributed by atoms with Crippen molar-refractivity contribution in [1.82, 2.24) is 4.90 Å². The number of ether oxygens (including phenoxy) is 1. The number of piperidine rings is 1. The Balaban J connectivity index is 2.17. The molecular formula is C14H17N3O4. The number of nitrogens with zero attached hydrogens (tertiary/aromatic N) is 1. The lowest BCUT2D eigenvalue weighted by Crippen LogP contribution is -2.47. The highest BCUT2D eigenvalue weighted by Gasteiger charge is 2.35. The Kier molecular flexibility index (Phi) is 4.11. The molecule has 0 spiro atoms. The molecule has 1 aromatic rings. The summed E-state index contributed by atoms with van der Waals surface area (Å²) in [6.07, 6.45) is 0.135. The third-order valence-electron chi connectivity index (χ3n) is 3.53. The molecule has 1 heterocycles. The first-order chi connectivity index (χ1) is 9.93. The molecule has 21 heavy (non-hydrogen) atoms. The van der Waals surface area contributed by atoms with Crippen molar-refractivity contribution in [1.29, 1.82) is 0 Å². The molecule has 1 saturated heterocycles. The summed E-state index contributed by atoms with van der Waals surface area (Å²) in [4.78, 5) is 37.1. The predicted molar refractivity (Wildman–Crippen MR) is 76.3 cm³/mol. The number of rotatable bonds is 2. The van der Waals surface area contributed by atoms with Gasteiger partial charge in [0, 0.05) is 25.1 Å². The number of ketones is 1. The van der Waals surface area contributed by atoms with Crippen molar-refractivity contribution in [2.24, 2.45) is 5.92 Å². The van der Waals surface area contributed by atoms with Crippen LogP contribution in [0.5, 0.6) is 0 Å². The highest BCUT2D eigenvalue weighted by atomic mass is 16.5. The molecule has 1 aliphatic heterocycles. The lowest BCUT2D eigenvalue weighted by atomic mass is 9.96. The summed E-state index contributed by atoms with van der Waals surface area (Å²) in [6, 6.07) is 4.61. The van der Waals surface area contributed by atoms with E-state index in [1.807, 2.05) is 0 Å². The molecular weight excluding hydrogens is 274 g/mol. The Morgan fingerprint density at radius 1 is 1.29 bits per heavy atom. The van der Waals surface area contributed by atoms with Gasteiger partial charge in [-0.1, -0.05) is 0 Å². The molecule has 0 saturated carbocycles. The first-order valence-electron chi connectivity index (χ1n) is 6.49. The van der Waals surface area contributed by atoms with Gasteiger partial charge in [-0.05, 0) is 18.2 Å². The van der Waals surface area contributed by atoms with Crippen molar-refractivity contribution in [2.45, 2.75) is 6.42 Å². The van der Waals surface area contributed by atoms with Crippen LogP contribution in [0.15, 0.2) is 18.2 Å². The van der Waals surface area contributed by atoms with Gasteiger partial charge in [0.1, 0.15) is 5.92 Å². The van der Waals surface area contributed by atoms with Crippen LogP contribution < -0.4 is 11.5 Å². The van der Waals surface area contributed by atoms with Gasteiger partial charge in [0.15, 0.2) is 5.78 Å². The molecule has 0 radical (unpaired) electrons. The number of amides is 1. The van der Waals surface area contributed by atoms with E-state index in [1.54, 1.807) is 12.1 Å². The molecule has 2 rings (SSSR count). The van der Waals surface area contributed by atoms with Crippen LogP contribution in [-0.4, -0.2) is 42.8 Å². The third kappa shape index (κ3) is 2.96. The largest absolute Gasteiger partial charge is 0.468 e. The highest BCUT2D eigenvalue weighted by molar-refractivity contribution is 6.02. The molecule has 1 fully saturated rings. The van der Waals surface area contributed by atoms with E-state index in [0.717, 1.165) is 0 Å². The van der Waals surface area contributed by atoms with E-state index in [-0.39, 0.29) is 31.2 Å². The molecule has 7 heteroatoms. The van der Waals surface area contributed by atoms with Gasteiger partial charge in [0.05, 0.1) is 18.5 Å². The molecule has 1 aliphatic rings. The maximum Gasteiger partial charge on any atom is 0.318 e. The second-order valence-corrected chi connectivity index (χ2v) is 4.89. The van der Waals surface area contributed by atoms with E-state index in [1.165, 1.54) is 18.1 Å². The first-order valence-corrected chi connectivity index (χ1v) is 6.49. The van der Waals surface area contributed by atoms with E-state index in [2.05, 4.69) is 4.74 Å². The molecule has 1 unspecified atom stereocenters. The number of methoxy groups -OCH3 is 1. The standard InChI is InChI=1S/C14H17N3O4/c1-21-14(20)9-7-17(5-4-12(9)18)13(19)8-2-3-10(15)11(16)6-8/h2-3,6,9H,4-5,7,15-16H2,1H3. The summed E-state index contributed by atoms with van der Waals surface area (Å²) in [6.45, 7) is 0.296. The van der Waals surface area contributed by atoms with Crippen molar-refractivity contribution < 1.29 is 19.1 Å². The zero-order chi connectivity index (χ0) is 15.6. The zero-order valence-corrected chi connectivity index (χ0v) is 11.7. The van der Waals surface area contributed by atoms with Crippen molar-refractivity contribution in [3.63, 3.8) is 0 Å². The normalized spacial score (nSPS) is 18.4. The number of nitrogen functional groups attached to an aromatic ring is 2. The van der Waals surface area contributed by atoms with Gasteiger partial charge in [0.2, 0.25) is 0 Å². The fraction of sp³-hybridized carbons (Fsp3) is 0.357. The van der Waals surface area contributed by atoms with Crippen molar-refractivity contribution in [3.05, 3.63) is 23.8 Å². The quantitative estimate of drug-likeness (QED) is 0.452. The number of nitrogens with two attached hydrogens (primary N) is 2. The maximum atomic E-state index is 12.4. The minimum atomic E-state index is -0.918. The van der Waals surface area contributed by atoms with Crippen molar-refractivity contribution >= 4 is 29.0 Å². The lowest BCUT2D eigenvalue weighted by Gasteiger charge is -2.30. The van der Waals surface area contributed by atoms with Crippen LogP contribution in [0.4, 0.5) is 11.4 Å². The van der Waals surface area contributed by atoms with Gasteiger partial charge >= 0.3 is 5.97 Å². The molecule has 112 valence electrons. The van der Waals surface area contributed by atoms with E-state index in [9.17, 15) is 14.4 Å². The monoisotopic (exact) mass is 291 g/mol. The number of likely N-dealkylation sites (tertiary alicyclic amines) is 1. The Morgan fingerprint density at radius 2 is 2.00 bits per heavy atom. The van der Waals surface area contributed by atoms with Gasteiger partial charge in [-0.15, -0.1) is 0 Å². The summed E-state index contributed by atoms with van der Waals surface area (Å²) >= 11 is 0. The maximum absolute atomic E-state index is 12.4. The van der Waals surface area contributed by atoms with Gasteiger partial charge in [-0.3, -0.25) is 14.4 Å². The first kappa shape index (κ1) is 14.8. The zero-order valence-electron chi connectivity index (χ0n) is 11.7. The number of hydrogen-bond acceptors (Lipinski definition) is 6. The van der Waals surface area contributed by atoms with Crippen molar-refractivity contribution in [3.8, 4) is 0 Å². The Morgan fingerprint density at radius 3 is 2.62 bits per heavy atom. The fourth-order valence-electron chi connectivity index (χ4n) is 2.26. The second-order valence-electron chi connectivity index (χ2n) is 4.89. The van der Waals surface area contributed by atoms with Crippen LogP contribution >= 0.6 is 0 Å². The number of benzene rings is 1. The number of anilines is 2. The molecule has 7 nitrogen and oxygen atoms in total. The third-order valence-corrected chi connectivity index (χ3v) is 3.53. The Labute approximate surface area is 121 Å². The number of Topliss-reactive ketones (excluding diaryl/α,β-unsaturated/α-hetero) is 1.